The van der Waals surface area contributed by atoms with Crippen LogP contribution in [0, 0.1) is 5.82 Å². The monoisotopic (exact) mass is 369 g/mol. The molecule has 1 aliphatic rings. The molecule has 1 saturated heterocycles. The summed E-state index contributed by atoms with van der Waals surface area (Å²) in [7, 11) is 1.33. The Kier molecular flexibility index (Phi) is 5.89. The van der Waals surface area contributed by atoms with Crippen LogP contribution in [0.3, 0.4) is 0 Å². The summed E-state index contributed by atoms with van der Waals surface area (Å²) in [6.45, 7) is 2.07. The van der Waals surface area contributed by atoms with Crippen molar-refractivity contribution in [2.24, 2.45) is 0 Å². The fourth-order valence-electron chi connectivity index (χ4n) is 3.72. The SMILES string of the molecule is COC(=O)c1ccc(C(=O)N2[C@@H](CCc3ccc(F)cc3)CC[C@H]2C)cc1. The third-order valence-corrected chi connectivity index (χ3v) is 5.25. The van der Waals surface area contributed by atoms with E-state index in [9.17, 15) is 14.0 Å². The van der Waals surface area contributed by atoms with Gasteiger partial charge in [0.15, 0.2) is 0 Å². The number of carbonyl (C=O) groups excluding carboxylic acids is 2. The minimum atomic E-state index is -0.416. The highest BCUT2D eigenvalue weighted by atomic mass is 19.1. The molecule has 1 fully saturated rings. The van der Waals surface area contributed by atoms with Gasteiger partial charge in [0.25, 0.3) is 5.91 Å². The molecule has 0 aliphatic carbocycles. The fourth-order valence-corrected chi connectivity index (χ4v) is 3.72. The van der Waals surface area contributed by atoms with Gasteiger partial charge in [0, 0.05) is 17.6 Å². The number of halogens is 1. The Balaban J connectivity index is 1.69. The molecule has 0 saturated carbocycles. The number of hydrogen-bond acceptors (Lipinski definition) is 3. The van der Waals surface area contributed by atoms with Gasteiger partial charge in [-0.25, -0.2) is 9.18 Å². The second-order valence-corrected chi connectivity index (χ2v) is 7.03. The largest absolute Gasteiger partial charge is 0.465 e. The quantitative estimate of drug-likeness (QED) is 0.741. The number of esters is 1. The molecule has 1 amide bonds. The number of amides is 1. The third kappa shape index (κ3) is 4.35. The van der Waals surface area contributed by atoms with E-state index in [4.69, 9.17) is 4.74 Å². The van der Waals surface area contributed by atoms with E-state index < -0.39 is 5.97 Å². The predicted octanol–water partition coefficient (Wildman–Crippen LogP) is 4.24. The molecule has 0 spiro atoms. The zero-order valence-corrected chi connectivity index (χ0v) is 15.7. The van der Waals surface area contributed by atoms with Gasteiger partial charge in [0.1, 0.15) is 5.82 Å². The molecule has 1 aliphatic heterocycles. The Morgan fingerprint density at radius 3 is 2.30 bits per heavy atom. The molecule has 0 N–H and O–H groups in total. The van der Waals surface area contributed by atoms with Crippen LogP contribution in [0.4, 0.5) is 4.39 Å². The Hall–Kier alpha value is -2.69. The van der Waals surface area contributed by atoms with Crippen molar-refractivity contribution in [2.45, 2.75) is 44.7 Å². The van der Waals surface area contributed by atoms with Crippen molar-refractivity contribution in [1.82, 2.24) is 4.90 Å². The van der Waals surface area contributed by atoms with Gasteiger partial charge in [-0.05, 0) is 74.6 Å². The number of hydrogen-bond donors (Lipinski definition) is 0. The number of methoxy groups -OCH3 is 1. The molecular formula is C22H24FNO3. The standard InChI is InChI=1S/C22H24FNO3/c1-15-3-13-20(14-6-16-4-11-19(23)12-5-16)24(15)21(25)17-7-9-18(10-8-17)22(26)27-2/h4-5,7-12,15,20H,3,6,13-14H2,1-2H3/t15-,20-/m1/s1. The van der Waals surface area contributed by atoms with E-state index in [1.54, 1.807) is 36.4 Å². The highest BCUT2D eigenvalue weighted by molar-refractivity contribution is 5.96. The first-order valence-electron chi connectivity index (χ1n) is 9.25. The number of nitrogens with zero attached hydrogens (tertiary/aromatic N) is 1. The van der Waals surface area contributed by atoms with E-state index in [1.807, 2.05) is 4.90 Å². The summed E-state index contributed by atoms with van der Waals surface area (Å²) in [4.78, 5) is 26.5. The maximum Gasteiger partial charge on any atom is 0.337 e. The lowest BCUT2D eigenvalue weighted by Gasteiger charge is -2.29. The summed E-state index contributed by atoms with van der Waals surface area (Å²) in [5, 5.41) is 0. The van der Waals surface area contributed by atoms with Gasteiger partial charge < -0.3 is 9.64 Å². The van der Waals surface area contributed by atoms with Crippen LogP contribution in [-0.2, 0) is 11.2 Å². The average molecular weight is 369 g/mol. The smallest absolute Gasteiger partial charge is 0.337 e. The summed E-state index contributed by atoms with van der Waals surface area (Å²) < 4.78 is 17.7. The summed E-state index contributed by atoms with van der Waals surface area (Å²) >= 11 is 0. The predicted molar refractivity (Wildman–Crippen MR) is 101 cm³/mol. The molecule has 0 aromatic heterocycles. The first-order chi connectivity index (χ1) is 13.0. The number of aryl methyl sites for hydroxylation is 1. The molecule has 1 heterocycles. The molecule has 0 unspecified atom stereocenters. The molecule has 4 nitrogen and oxygen atoms in total. The lowest BCUT2D eigenvalue weighted by Crippen LogP contribution is -2.40. The Bertz CT molecular complexity index is 801. The van der Waals surface area contributed by atoms with E-state index in [-0.39, 0.29) is 23.8 Å². The first kappa shape index (κ1) is 19.1. The van der Waals surface area contributed by atoms with Crippen LogP contribution >= 0.6 is 0 Å². The molecule has 27 heavy (non-hydrogen) atoms. The number of benzene rings is 2. The van der Waals surface area contributed by atoms with Crippen LogP contribution in [-0.4, -0.2) is 36.0 Å². The Labute approximate surface area is 158 Å². The average Bonchev–Trinajstić information content (AvgIpc) is 3.07. The van der Waals surface area contributed by atoms with E-state index in [0.717, 1.165) is 31.2 Å². The van der Waals surface area contributed by atoms with Crippen molar-refractivity contribution >= 4 is 11.9 Å². The van der Waals surface area contributed by atoms with Crippen molar-refractivity contribution in [1.29, 1.82) is 0 Å². The van der Waals surface area contributed by atoms with Crippen LogP contribution in [0.25, 0.3) is 0 Å². The molecule has 2 atom stereocenters. The second-order valence-electron chi connectivity index (χ2n) is 7.03. The van der Waals surface area contributed by atoms with Crippen LogP contribution in [0.5, 0.6) is 0 Å². The van der Waals surface area contributed by atoms with Crippen molar-refractivity contribution in [3.8, 4) is 0 Å². The number of likely N-dealkylation sites (tertiary alicyclic amines) is 1. The van der Waals surface area contributed by atoms with Gasteiger partial charge in [-0.3, -0.25) is 4.79 Å². The van der Waals surface area contributed by atoms with Crippen molar-refractivity contribution < 1.29 is 18.7 Å². The van der Waals surface area contributed by atoms with E-state index in [1.165, 1.54) is 19.2 Å². The van der Waals surface area contributed by atoms with Gasteiger partial charge in [0.2, 0.25) is 0 Å². The third-order valence-electron chi connectivity index (χ3n) is 5.25. The van der Waals surface area contributed by atoms with E-state index in [0.29, 0.717) is 11.1 Å². The van der Waals surface area contributed by atoms with E-state index >= 15 is 0 Å². The molecule has 0 bridgehead atoms. The van der Waals surface area contributed by atoms with Gasteiger partial charge >= 0.3 is 5.97 Å². The zero-order valence-electron chi connectivity index (χ0n) is 15.7. The summed E-state index contributed by atoms with van der Waals surface area (Å²) in [6.07, 6.45) is 3.60. The van der Waals surface area contributed by atoms with Gasteiger partial charge in [-0.1, -0.05) is 12.1 Å². The van der Waals surface area contributed by atoms with E-state index in [2.05, 4.69) is 6.92 Å². The van der Waals surface area contributed by atoms with Crippen LogP contribution in [0.1, 0.15) is 52.5 Å². The van der Waals surface area contributed by atoms with Crippen LogP contribution < -0.4 is 0 Å². The molecule has 2 aromatic carbocycles. The maximum absolute atomic E-state index is 13.1. The number of carbonyl (C=O) groups is 2. The second kappa shape index (κ2) is 8.33. The van der Waals surface area contributed by atoms with Crippen molar-refractivity contribution in [3.05, 3.63) is 71.0 Å². The Morgan fingerprint density at radius 1 is 1.04 bits per heavy atom. The summed E-state index contributed by atoms with van der Waals surface area (Å²) in [5.74, 6) is -0.665. The molecule has 2 aromatic rings. The maximum atomic E-state index is 13.1. The van der Waals surface area contributed by atoms with Gasteiger partial charge in [-0.2, -0.15) is 0 Å². The van der Waals surface area contributed by atoms with Crippen molar-refractivity contribution in [3.63, 3.8) is 0 Å². The topological polar surface area (TPSA) is 46.6 Å². The summed E-state index contributed by atoms with van der Waals surface area (Å²) in [5.41, 5.74) is 2.07. The minimum Gasteiger partial charge on any atom is -0.465 e. The Morgan fingerprint density at radius 2 is 1.67 bits per heavy atom. The summed E-state index contributed by atoms with van der Waals surface area (Å²) in [6, 6.07) is 13.5. The van der Waals surface area contributed by atoms with Crippen LogP contribution in [0.15, 0.2) is 48.5 Å². The molecule has 5 heteroatoms. The fraction of sp³-hybridized carbons (Fsp3) is 0.364. The lowest BCUT2D eigenvalue weighted by molar-refractivity contribution is 0.0598. The molecule has 142 valence electrons. The molecular weight excluding hydrogens is 345 g/mol. The highest BCUT2D eigenvalue weighted by Gasteiger charge is 2.34. The number of rotatable bonds is 5. The zero-order chi connectivity index (χ0) is 19.4. The first-order valence-corrected chi connectivity index (χ1v) is 9.25. The van der Waals surface area contributed by atoms with Crippen molar-refractivity contribution in [2.75, 3.05) is 7.11 Å². The van der Waals surface area contributed by atoms with Gasteiger partial charge in [0.05, 0.1) is 12.7 Å². The number of ether oxygens (including phenoxy) is 1. The van der Waals surface area contributed by atoms with Crippen LogP contribution in [0.2, 0.25) is 0 Å². The minimum absolute atomic E-state index is 0.0134. The normalized spacial score (nSPS) is 19.1. The molecule has 3 rings (SSSR count). The van der Waals surface area contributed by atoms with Gasteiger partial charge in [-0.15, -0.1) is 0 Å². The lowest BCUT2D eigenvalue weighted by atomic mass is 10.0. The molecule has 0 radical (unpaired) electrons. The highest BCUT2D eigenvalue weighted by Crippen LogP contribution is 2.29.